The zero-order valence-corrected chi connectivity index (χ0v) is 13.3. The summed E-state index contributed by atoms with van der Waals surface area (Å²) < 4.78 is 1.32. The predicted octanol–water partition coefficient (Wildman–Crippen LogP) is 3.37. The lowest BCUT2D eigenvalue weighted by atomic mass is 10.00. The number of nitrogens with zero attached hydrogens (tertiary/aromatic N) is 2. The smallest absolute Gasteiger partial charge is 0.0963 e. The fourth-order valence-electron chi connectivity index (χ4n) is 3.08. The average molecular weight is 289 g/mol. The molecule has 1 fully saturated rings. The Kier molecular flexibility index (Phi) is 3.80. The van der Waals surface area contributed by atoms with E-state index in [1.165, 1.54) is 21.7 Å². The summed E-state index contributed by atoms with van der Waals surface area (Å²) >= 11 is 1.83. The molecule has 1 aromatic heterocycles. The van der Waals surface area contributed by atoms with Gasteiger partial charge in [-0.25, -0.2) is 4.98 Å². The van der Waals surface area contributed by atoms with Crippen molar-refractivity contribution in [3.8, 4) is 0 Å². The molecule has 0 radical (unpaired) electrons. The van der Waals surface area contributed by atoms with Crippen molar-refractivity contribution in [2.24, 2.45) is 11.7 Å². The monoisotopic (exact) mass is 289 g/mol. The fraction of sp³-hybridized carbons (Fsp3) is 0.562. The molecular formula is C16H23N3S. The zero-order valence-electron chi connectivity index (χ0n) is 12.5. The molecule has 0 aliphatic carbocycles. The van der Waals surface area contributed by atoms with Crippen LogP contribution in [0.15, 0.2) is 18.2 Å². The highest BCUT2D eigenvalue weighted by atomic mass is 32.1. The first kappa shape index (κ1) is 14.0. The van der Waals surface area contributed by atoms with Crippen molar-refractivity contribution in [3.63, 3.8) is 0 Å². The topological polar surface area (TPSA) is 42.1 Å². The van der Waals surface area contributed by atoms with E-state index in [9.17, 15) is 0 Å². The maximum atomic E-state index is 5.83. The number of benzene rings is 1. The molecule has 0 bridgehead atoms. The normalized spacial score (nSPS) is 24.1. The van der Waals surface area contributed by atoms with E-state index in [1.807, 2.05) is 11.3 Å². The summed E-state index contributed by atoms with van der Waals surface area (Å²) in [6, 6.07) is 7.26. The number of hydrogen-bond donors (Lipinski definition) is 1. The molecule has 2 unspecified atom stereocenters. The van der Waals surface area contributed by atoms with E-state index in [4.69, 9.17) is 10.7 Å². The molecule has 2 atom stereocenters. The molecule has 2 heterocycles. The number of fused-ring (bicyclic) bond motifs is 1. The van der Waals surface area contributed by atoms with E-state index in [-0.39, 0.29) is 0 Å². The van der Waals surface area contributed by atoms with Gasteiger partial charge in [0.15, 0.2) is 0 Å². The molecule has 2 N–H and O–H groups in total. The second-order valence-corrected chi connectivity index (χ2v) is 7.29. The Morgan fingerprint density at radius 3 is 2.90 bits per heavy atom. The van der Waals surface area contributed by atoms with Crippen LogP contribution < -0.4 is 5.73 Å². The summed E-state index contributed by atoms with van der Waals surface area (Å²) in [6.07, 6.45) is 1.17. The number of hydrogen-bond acceptors (Lipinski definition) is 4. The third-order valence-corrected chi connectivity index (χ3v) is 5.59. The van der Waals surface area contributed by atoms with E-state index < -0.39 is 0 Å². The summed E-state index contributed by atoms with van der Waals surface area (Å²) in [5.74, 6) is 1.14. The Balaban J connectivity index is 1.92. The number of rotatable bonds is 3. The first-order chi connectivity index (χ1) is 9.58. The highest BCUT2D eigenvalue weighted by Crippen LogP contribution is 2.36. The molecular weight excluding hydrogens is 266 g/mol. The lowest BCUT2D eigenvalue weighted by molar-refractivity contribution is 0.314. The van der Waals surface area contributed by atoms with Crippen molar-refractivity contribution in [2.45, 2.75) is 32.2 Å². The molecule has 2 aromatic rings. The number of aromatic nitrogens is 1. The largest absolute Gasteiger partial charge is 0.330 e. The zero-order chi connectivity index (χ0) is 14.3. The first-order valence-electron chi connectivity index (χ1n) is 7.39. The molecule has 20 heavy (non-hydrogen) atoms. The maximum absolute atomic E-state index is 5.83. The van der Waals surface area contributed by atoms with Gasteiger partial charge in [-0.3, -0.25) is 4.90 Å². The standard InChI is InChI=1S/C16H23N3S/c1-10(2)16-18-13-5-4-12(7-15(13)20-16)14-6-11(8-17)9-19(14)3/h4-5,7,10-11,14H,6,8-9,17H2,1-3H3. The second kappa shape index (κ2) is 5.43. The van der Waals surface area contributed by atoms with Crippen molar-refractivity contribution < 1.29 is 0 Å². The Labute approximate surface area is 124 Å². The van der Waals surface area contributed by atoms with Gasteiger partial charge in [-0.1, -0.05) is 19.9 Å². The maximum Gasteiger partial charge on any atom is 0.0963 e. The summed E-state index contributed by atoms with van der Waals surface area (Å²) in [7, 11) is 2.21. The minimum atomic E-state index is 0.506. The SMILES string of the molecule is CC(C)c1nc2ccc(C3CC(CN)CN3C)cc2s1. The number of nitrogens with two attached hydrogens (primary N) is 1. The Morgan fingerprint density at radius 2 is 2.25 bits per heavy atom. The van der Waals surface area contributed by atoms with Crippen LogP contribution in [0.25, 0.3) is 10.2 Å². The number of likely N-dealkylation sites (tertiary alicyclic amines) is 1. The van der Waals surface area contributed by atoms with E-state index in [0.29, 0.717) is 17.9 Å². The molecule has 1 aliphatic rings. The lowest BCUT2D eigenvalue weighted by Crippen LogP contribution is -2.20. The minimum Gasteiger partial charge on any atom is -0.330 e. The van der Waals surface area contributed by atoms with Gasteiger partial charge in [0.2, 0.25) is 0 Å². The average Bonchev–Trinajstić information content (AvgIpc) is 3.00. The molecule has 1 saturated heterocycles. The van der Waals surface area contributed by atoms with Crippen LogP contribution >= 0.6 is 11.3 Å². The molecule has 3 nitrogen and oxygen atoms in total. The molecule has 1 aliphatic heterocycles. The minimum absolute atomic E-state index is 0.506. The first-order valence-corrected chi connectivity index (χ1v) is 8.20. The van der Waals surface area contributed by atoms with Gasteiger partial charge in [-0.2, -0.15) is 0 Å². The van der Waals surface area contributed by atoms with Crippen LogP contribution in [0.2, 0.25) is 0 Å². The van der Waals surface area contributed by atoms with Crippen LogP contribution in [-0.2, 0) is 0 Å². The van der Waals surface area contributed by atoms with Crippen LogP contribution in [0.4, 0.5) is 0 Å². The highest BCUT2D eigenvalue weighted by Gasteiger charge is 2.29. The van der Waals surface area contributed by atoms with Gasteiger partial charge in [-0.05, 0) is 43.6 Å². The van der Waals surface area contributed by atoms with Gasteiger partial charge in [0.05, 0.1) is 15.2 Å². The van der Waals surface area contributed by atoms with Gasteiger partial charge >= 0.3 is 0 Å². The van der Waals surface area contributed by atoms with Gasteiger partial charge in [-0.15, -0.1) is 11.3 Å². The van der Waals surface area contributed by atoms with Crippen LogP contribution in [0.3, 0.4) is 0 Å². The van der Waals surface area contributed by atoms with Gasteiger partial charge in [0.1, 0.15) is 0 Å². The third kappa shape index (κ3) is 2.48. The molecule has 3 rings (SSSR count). The second-order valence-electron chi connectivity index (χ2n) is 6.23. The van der Waals surface area contributed by atoms with Crippen molar-refractivity contribution in [2.75, 3.05) is 20.1 Å². The van der Waals surface area contributed by atoms with Crippen LogP contribution in [-0.4, -0.2) is 30.0 Å². The van der Waals surface area contributed by atoms with Crippen molar-refractivity contribution in [3.05, 3.63) is 28.8 Å². The van der Waals surface area contributed by atoms with Crippen LogP contribution in [0.5, 0.6) is 0 Å². The Hall–Kier alpha value is -0.970. The van der Waals surface area contributed by atoms with Gasteiger partial charge < -0.3 is 5.73 Å². The van der Waals surface area contributed by atoms with E-state index in [2.05, 4.69) is 44.0 Å². The fourth-order valence-corrected chi connectivity index (χ4v) is 4.10. The Bertz CT molecular complexity index is 605. The van der Waals surface area contributed by atoms with Crippen molar-refractivity contribution in [1.29, 1.82) is 0 Å². The predicted molar refractivity (Wildman–Crippen MR) is 86.2 cm³/mol. The highest BCUT2D eigenvalue weighted by molar-refractivity contribution is 7.18. The van der Waals surface area contributed by atoms with Crippen molar-refractivity contribution >= 4 is 21.6 Å². The summed E-state index contributed by atoms with van der Waals surface area (Å²) in [5, 5.41) is 1.23. The van der Waals surface area contributed by atoms with Crippen LogP contribution in [0.1, 0.15) is 42.8 Å². The quantitative estimate of drug-likeness (QED) is 0.942. The van der Waals surface area contributed by atoms with Gasteiger partial charge in [0.25, 0.3) is 0 Å². The van der Waals surface area contributed by atoms with Crippen molar-refractivity contribution in [1.82, 2.24) is 9.88 Å². The van der Waals surface area contributed by atoms with Crippen LogP contribution in [0, 0.1) is 5.92 Å². The third-order valence-electron chi connectivity index (χ3n) is 4.28. The van der Waals surface area contributed by atoms with E-state index in [0.717, 1.165) is 18.6 Å². The molecule has 1 aromatic carbocycles. The summed E-state index contributed by atoms with van der Waals surface area (Å²) in [5.41, 5.74) is 8.38. The molecule has 108 valence electrons. The Morgan fingerprint density at radius 1 is 1.45 bits per heavy atom. The lowest BCUT2D eigenvalue weighted by Gasteiger charge is -2.19. The molecule has 0 saturated carbocycles. The molecule has 4 heteroatoms. The molecule has 0 spiro atoms. The summed E-state index contributed by atoms with van der Waals surface area (Å²) in [4.78, 5) is 7.15. The van der Waals surface area contributed by atoms with E-state index >= 15 is 0 Å². The number of thiazole rings is 1. The summed E-state index contributed by atoms with van der Waals surface area (Å²) in [6.45, 7) is 6.31. The molecule has 0 amide bonds. The van der Waals surface area contributed by atoms with E-state index in [1.54, 1.807) is 0 Å². The van der Waals surface area contributed by atoms with Gasteiger partial charge in [0, 0.05) is 18.5 Å².